The second-order valence-electron chi connectivity index (χ2n) is 7.99. The van der Waals surface area contributed by atoms with Crippen LogP contribution in [-0.4, -0.2) is 61.9 Å². The van der Waals surface area contributed by atoms with Crippen molar-refractivity contribution < 1.29 is 18.0 Å². The lowest BCUT2D eigenvalue weighted by Crippen LogP contribution is -2.50. The van der Waals surface area contributed by atoms with Crippen LogP contribution in [0.5, 0.6) is 0 Å². The van der Waals surface area contributed by atoms with Gasteiger partial charge in [0, 0.05) is 25.2 Å². The van der Waals surface area contributed by atoms with Crippen LogP contribution in [0.2, 0.25) is 5.02 Å². The number of nitrogens with zero attached hydrogens (tertiary/aromatic N) is 2. The highest BCUT2D eigenvalue weighted by atomic mass is 35.5. The summed E-state index contributed by atoms with van der Waals surface area (Å²) in [5, 5.41) is 3.49. The van der Waals surface area contributed by atoms with Crippen LogP contribution in [0.15, 0.2) is 35.9 Å². The molecule has 0 aromatic heterocycles. The number of benzene rings is 1. The molecule has 0 spiro atoms. The molecule has 1 atom stereocenters. The van der Waals surface area contributed by atoms with Crippen LogP contribution in [0.4, 0.5) is 0 Å². The van der Waals surface area contributed by atoms with Crippen molar-refractivity contribution in [2.75, 3.05) is 26.4 Å². The van der Waals surface area contributed by atoms with Gasteiger partial charge in [0.2, 0.25) is 21.8 Å². The smallest absolute Gasteiger partial charge is 0.242 e. The minimum Gasteiger partial charge on any atom is -0.354 e. The number of carbonyl (C=O) groups is 2. The number of likely N-dealkylation sites (N-methyl/N-ethyl adjacent to an activating group) is 1. The Labute approximate surface area is 190 Å². The number of rotatable bonds is 10. The first-order chi connectivity index (χ1) is 14.6. The molecule has 1 aliphatic carbocycles. The van der Waals surface area contributed by atoms with Gasteiger partial charge in [0.15, 0.2) is 0 Å². The SMILES string of the molecule is CC(C(=O)NCCC1=CCCCC1)N(Cc1ccc(Cl)cc1)C(=O)CN(C)S(C)(=O)=O. The minimum atomic E-state index is -3.52. The Kier molecular flexibility index (Phi) is 9.53. The number of nitrogens with one attached hydrogen (secondary N) is 1. The van der Waals surface area contributed by atoms with Crippen molar-refractivity contribution in [2.24, 2.45) is 0 Å². The van der Waals surface area contributed by atoms with Crippen molar-refractivity contribution in [1.29, 1.82) is 0 Å². The Morgan fingerprint density at radius 1 is 1.19 bits per heavy atom. The Hall–Kier alpha value is -1.90. The molecule has 0 fully saturated rings. The van der Waals surface area contributed by atoms with Gasteiger partial charge >= 0.3 is 0 Å². The maximum Gasteiger partial charge on any atom is 0.242 e. The lowest BCUT2D eigenvalue weighted by atomic mass is 9.97. The Morgan fingerprint density at radius 2 is 1.87 bits per heavy atom. The first-order valence-corrected chi connectivity index (χ1v) is 12.7. The number of sulfonamides is 1. The van der Waals surface area contributed by atoms with Gasteiger partial charge in [-0.25, -0.2) is 8.42 Å². The molecule has 0 radical (unpaired) electrons. The van der Waals surface area contributed by atoms with E-state index >= 15 is 0 Å². The highest BCUT2D eigenvalue weighted by Gasteiger charge is 2.28. The monoisotopic (exact) mass is 469 g/mol. The van der Waals surface area contributed by atoms with E-state index in [0.717, 1.165) is 35.4 Å². The molecule has 1 N–H and O–H groups in total. The molecule has 2 rings (SSSR count). The summed E-state index contributed by atoms with van der Waals surface area (Å²) in [6.07, 6.45) is 8.67. The van der Waals surface area contributed by atoms with Crippen molar-refractivity contribution in [3.8, 4) is 0 Å². The molecule has 0 heterocycles. The lowest BCUT2D eigenvalue weighted by Gasteiger charge is -2.30. The maximum absolute atomic E-state index is 12.9. The van der Waals surface area contributed by atoms with Gasteiger partial charge in [-0.3, -0.25) is 9.59 Å². The molecule has 172 valence electrons. The number of allylic oxidation sites excluding steroid dienone is 1. The molecular formula is C22H32ClN3O4S. The fraction of sp³-hybridized carbons (Fsp3) is 0.545. The summed E-state index contributed by atoms with van der Waals surface area (Å²) >= 11 is 5.94. The largest absolute Gasteiger partial charge is 0.354 e. The quantitative estimate of drug-likeness (QED) is 0.534. The molecule has 31 heavy (non-hydrogen) atoms. The molecule has 0 bridgehead atoms. The summed E-state index contributed by atoms with van der Waals surface area (Å²) in [6.45, 7) is 2.01. The van der Waals surface area contributed by atoms with Gasteiger partial charge in [0.05, 0.1) is 12.8 Å². The van der Waals surface area contributed by atoms with Crippen LogP contribution in [-0.2, 0) is 26.2 Å². The molecule has 9 heteroatoms. The predicted octanol–water partition coefficient (Wildman–Crippen LogP) is 2.96. The lowest BCUT2D eigenvalue weighted by molar-refractivity contribution is -0.140. The van der Waals surface area contributed by atoms with E-state index in [1.807, 2.05) is 0 Å². The van der Waals surface area contributed by atoms with E-state index in [-0.39, 0.29) is 19.0 Å². The van der Waals surface area contributed by atoms with Gasteiger partial charge in [0.1, 0.15) is 6.04 Å². The number of hydrogen-bond donors (Lipinski definition) is 1. The third kappa shape index (κ3) is 8.27. The van der Waals surface area contributed by atoms with Gasteiger partial charge in [0.25, 0.3) is 0 Å². The fourth-order valence-electron chi connectivity index (χ4n) is 3.39. The average Bonchev–Trinajstić information content (AvgIpc) is 2.72. The van der Waals surface area contributed by atoms with E-state index in [0.29, 0.717) is 11.6 Å². The van der Waals surface area contributed by atoms with E-state index < -0.39 is 22.0 Å². The zero-order valence-electron chi connectivity index (χ0n) is 18.4. The van der Waals surface area contributed by atoms with Crippen LogP contribution in [0.1, 0.15) is 44.6 Å². The van der Waals surface area contributed by atoms with Crippen molar-refractivity contribution >= 4 is 33.4 Å². The summed E-state index contributed by atoms with van der Waals surface area (Å²) in [7, 11) is -2.18. The normalized spacial score (nSPS) is 15.3. The number of hydrogen-bond acceptors (Lipinski definition) is 4. The van der Waals surface area contributed by atoms with Crippen LogP contribution < -0.4 is 5.32 Å². The number of halogens is 1. The second-order valence-corrected chi connectivity index (χ2v) is 10.5. The second kappa shape index (κ2) is 11.6. The fourth-order valence-corrected chi connectivity index (χ4v) is 3.86. The molecule has 1 unspecified atom stereocenters. The van der Waals surface area contributed by atoms with Crippen molar-refractivity contribution in [3.05, 3.63) is 46.5 Å². The Balaban J connectivity index is 2.07. The molecule has 7 nitrogen and oxygen atoms in total. The first kappa shape index (κ1) is 25.4. The van der Waals surface area contributed by atoms with E-state index in [1.165, 1.54) is 30.4 Å². The van der Waals surface area contributed by atoms with Crippen molar-refractivity contribution in [3.63, 3.8) is 0 Å². The van der Waals surface area contributed by atoms with Gasteiger partial charge in [-0.2, -0.15) is 4.31 Å². The Bertz CT molecular complexity index is 900. The van der Waals surface area contributed by atoms with Crippen molar-refractivity contribution in [1.82, 2.24) is 14.5 Å². The summed E-state index contributed by atoms with van der Waals surface area (Å²) in [4.78, 5) is 27.1. The van der Waals surface area contributed by atoms with Crippen LogP contribution in [0.25, 0.3) is 0 Å². The molecule has 1 aromatic rings. The Morgan fingerprint density at radius 3 is 2.45 bits per heavy atom. The van der Waals surface area contributed by atoms with Gasteiger partial charge in [-0.1, -0.05) is 35.4 Å². The first-order valence-electron chi connectivity index (χ1n) is 10.5. The molecule has 0 aliphatic heterocycles. The van der Waals surface area contributed by atoms with Gasteiger partial charge < -0.3 is 10.2 Å². The topological polar surface area (TPSA) is 86.8 Å². The molecule has 0 saturated carbocycles. The predicted molar refractivity (Wildman–Crippen MR) is 123 cm³/mol. The van der Waals surface area contributed by atoms with E-state index in [9.17, 15) is 18.0 Å². The third-order valence-corrected chi connectivity index (χ3v) is 7.00. The third-order valence-electron chi connectivity index (χ3n) is 5.49. The molecule has 2 amide bonds. The van der Waals surface area contributed by atoms with Gasteiger partial charge in [-0.05, 0) is 56.7 Å². The van der Waals surface area contributed by atoms with Crippen LogP contribution in [0.3, 0.4) is 0 Å². The molecular weight excluding hydrogens is 438 g/mol. The zero-order valence-corrected chi connectivity index (χ0v) is 20.0. The van der Waals surface area contributed by atoms with Crippen molar-refractivity contribution in [2.45, 2.75) is 51.6 Å². The van der Waals surface area contributed by atoms with E-state index in [1.54, 1.807) is 31.2 Å². The summed E-state index contributed by atoms with van der Waals surface area (Å²) in [5.41, 5.74) is 2.16. The van der Waals surface area contributed by atoms with Gasteiger partial charge in [-0.15, -0.1) is 0 Å². The summed E-state index contributed by atoms with van der Waals surface area (Å²) < 4.78 is 24.4. The zero-order chi connectivity index (χ0) is 23.0. The number of amides is 2. The highest BCUT2D eigenvalue weighted by molar-refractivity contribution is 7.88. The van der Waals surface area contributed by atoms with Crippen LogP contribution in [0, 0.1) is 0 Å². The van der Waals surface area contributed by atoms with Crippen LogP contribution >= 0.6 is 11.6 Å². The molecule has 0 saturated heterocycles. The number of carbonyl (C=O) groups excluding carboxylic acids is 2. The maximum atomic E-state index is 12.9. The average molecular weight is 470 g/mol. The standard InChI is InChI=1S/C22H32ClN3O4S/c1-17(22(28)24-14-13-18-7-5-4-6-8-18)26(15-19-9-11-20(23)12-10-19)21(27)16-25(2)31(3,29)30/h7,9-12,17H,4-6,8,13-16H2,1-3H3,(H,24,28). The van der Waals surface area contributed by atoms with E-state index in [4.69, 9.17) is 11.6 Å². The highest BCUT2D eigenvalue weighted by Crippen LogP contribution is 2.19. The summed E-state index contributed by atoms with van der Waals surface area (Å²) in [6, 6.07) is 6.23. The minimum absolute atomic E-state index is 0.174. The molecule has 1 aromatic carbocycles. The summed E-state index contributed by atoms with van der Waals surface area (Å²) in [5.74, 6) is -0.707. The molecule has 1 aliphatic rings. The van der Waals surface area contributed by atoms with E-state index in [2.05, 4.69) is 11.4 Å².